The van der Waals surface area contributed by atoms with Crippen molar-refractivity contribution in [2.45, 2.75) is 26.2 Å². The van der Waals surface area contributed by atoms with Gasteiger partial charge in [-0.3, -0.25) is 0 Å². The molecule has 0 saturated carbocycles. The Morgan fingerprint density at radius 1 is 1.31 bits per heavy atom. The normalized spacial score (nSPS) is 10.4. The van der Waals surface area contributed by atoms with E-state index in [1.807, 2.05) is 0 Å². The summed E-state index contributed by atoms with van der Waals surface area (Å²) >= 11 is 2.35. The fourth-order valence-electron chi connectivity index (χ4n) is 1.30. The van der Waals surface area contributed by atoms with Crippen LogP contribution in [-0.2, 0) is 6.42 Å². The van der Waals surface area contributed by atoms with E-state index in [1.54, 1.807) is 0 Å². The van der Waals surface area contributed by atoms with Crippen LogP contribution < -0.4 is 0 Å². The van der Waals surface area contributed by atoms with Crippen molar-refractivity contribution in [3.8, 4) is 0 Å². The third-order valence-electron chi connectivity index (χ3n) is 2.10. The van der Waals surface area contributed by atoms with Crippen molar-refractivity contribution in [3.63, 3.8) is 0 Å². The molecule has 0 radical (unpaired) electrons. The minimum absolute atomic E-state index is 0.309. The average Bonchev–Trinajstić information content (AvgIpc) is 2.12. The lowest BCUT2D eigenvalue weighted by molar-refractivity contribution is 0.284. The molecule has 0 saturated heterocycles. The van der Waals surface area contributed by atoms with Gasteiger partial charge in [-0.25, -0.2) is 0 Å². The second-order valence-electron chi connectivity index (χ2n) is 3.26. The number of benzene rings is 1. The van der Waals surface area contributed by atoms with E-state index < -0.39 is 0 Å². The maximum atomic E-state index is 8.64. The molecule has 0 bridgehead atoms. The standard InChI is InChI=1S/C11H15IO/c1-9-8-10(4-2-3-7-13)5-6-11(9)12/h5-6,8,13H,2-4,7H2,1H3. The first-order valence-corrected chi connectivity index (χ1v) is 5.68. The maximum Gasteiger partial charge on any atom is 0.0431 e. The van der Waals surface area contributed by atoms with Gasteiger partial charge in [0.05, 0.1) is 0 Å². The highest BCUT2D eigenvalue weighted by Crippen LogP contribution is 2.14. The molecule has 2 heteroatoms. The van der Waals surface area contributed by atoms with Crippen LogP contribution in [-0.4, -0.2) is 11.7 Å². The van der Waals surface area contributed by atoms with Gasteiger partial charge in [0.15, 0.2) is 0 Å². The quantitative estimate of drug-likeness (QED) is 0.668. The van der Waals surface area contributed by atoms with Crippen LogP contribution in [0.3, 0.4) is 0 Å². The second kappa shape index (κ2) is 5.60. The molecule has 1 rings (SSSR count). The lowest BCUT2D eigenvalue weighted by Crippen LogP contribution is -1.90. The van der Waals surface area contributed by atoms with E-state index in [1.165, 1.54) is 14.7 Å². The van der Waals surface area contributed by atoms with E-state index in [0.717, 1.165) is 19.3 Å². The highest BCUT2D eigenvalue weighted by Gasteiger charge is 1.96. The summed E-state index contributed by atoms with van der Waals surface area (Å²) in [6.45, 7) is 2.45. The Morgan fingerprint density at radius 3 is 2.69 bits per heavy atom. The molecule has 0 heterocycles. The lowest BCUT2D eigenvalue weighted by atomic mass is 10.1. The molecule has 0 aliphatic rings. The van der Waals surface area contributed by atoms with Gasteiger partial charge in [-0.2, -0.15) is 0 Å². The molecule has 1 aromatic carbocycles. The summed E-state index contributed by atoms with van der Waals surface area (Å²) in [5.74, 6) is 0. The zero-order valence-corrected chi connectivity index (χ0v) is 10.0. The molecule has 0 fully saturated rings. The smallest absolute Gasteiger partial charge is 0.0431 e. The Kier molecular flexibility index (Phi) is 4.73. The first kappa shape index (κ1) is 11.0. The molecular formula is C11H15IO. The number of hydrogen-bond donors (Lipinski definition) is 1. The van der Waals surface area contributed by atoms with Gasteiger partial charge in [0.2, 0.25) is 0 Å². The molecular weight excluding hydrogens is 275 g/mol. The molecule has 13 heavy (non-hydrogen) atoms. The summed E-state index contributed by atoms with van der Waals surface area (Å²) in [4.78, 5) is 0. The zero-order valence-electron chi connectivity index (χ0n) is 7.89. The Hall–Kier alpha value is -0.0900. The molecule has 72 valence electrons. The molecule has 1 N–H and O–H groups in total. The van der Waals surface area contributed by atoms with Crippen molar-refractivity contribution in [2.24, 2.45) is 0 Å². The van der Waals surface area contributed by atoms with Gasteiger partial charge in [-0.15, -0.1) is 0 Å². The van der Waals surface area contributed by atoms with Crippen LogP contribution in [0.25, 0.3) is 0 Å². The van der Waals surface area contributed by atoms with Crippen LogP contribution in [0.5, 0.6) is 0 Å². The fourth-order valence-corrected chi connectivity index (χ4v) is 1.64. The van der Waals surface area contributed by atoms with Crippen LogP contribution >= 0.6 is 22.6 Å². The lowest BCUT2D eigenvalue weighted by Gasteiger charge is -2.03. The minimum Gasteiger partial charge on any atom is -0.396 e. The van der Waals surface area contributed by atoms with E-state index in [2.05, 4.69) is 47.7 Å². The predicted molar refractivity (Wildman–Crippen MR) is 63.9 cm³/mol. The minimum atomic E-state index is 0.309. The number of aryl methyl sites for hydroxylation is 2. The average molecular weight is 290 g/mol. The predicted octanol–water partition coefficient (Wildman–Crippen LogP) is 2.91. The summed E-state index contributed by atoms with van der Waals surface area (Å²) in [6, 6.07) is 6.56. The molecule has 0 aliphatic carbocycles. The third-order valence-corrected chi connectivity index (χ3v) is 3.31. The largest absolute Gasteiger partial charge is 0.396 e. The van der Waals surface area contributed by atoms with E-state index in [9.17, 15) is 0 Å². The van der Waals surface area contributed by atoms with Crippen LogP contribution in [0.2, 0.25) is 0 Å². The highest BCUT2D eigenvalue weighted by molar-refractivity contribution is 14.1. The number of rotatable bonds is 4. The van der Waals surface area contributed by atoms with Crippen molar-refractivity contribution in [2.75, 3.05) is 6.61 Å². The molecule has 0 spiro atoms. The summed E-state index contributed by atoms with van der Waals surface area (Å²) in [5, 5.41) is 8.64. The Labute approximate surface area is 93.3 Å². The summed E-state index contributed by atoms with van der Waals surface area (Å²) < 4.78 is 1.32. The van der Waals surface area contributed by atoms with Crippen molar-refractivity contribution in [3.05, 3.63) is 32.9 Å². The van der Waals surface area contributed by atoms with Gasteiger partial charge in [0.1, 0.15) is 0 Å². The second-order valence-corrected chi connectivity index (χ2v) is 4.43. The van der Waals surface area contributed by atoms with Gasteiger partial charge < -0.3 is 5.11 Å². The summed E-state index contributed by atoms with van der Waals surface area (Å²) in [5.41, 5.74) is 2.73. The highest BCUT2D eigenvalue weighted by atomic mass is 127. The summed E-state index contributed by atoms with van der Waals surface area (Å²) in [6.07, 6.45) is 3.07. The Balaban J connectivity index is 2.53. The van der Waals surface area contributed by atoms with Gasteiger partial charge in [0.25, 0.3) is 0 Å². The molecule has 1 aromatic rings. The zero-order chi connectivity index (χ0) is 9.68. The first-order chi connectivity index (χ1) is 6.24. The first-order valence-electron chi connectivity index (χ1n) is 4.60. The number of aliphatic hydroxyl groups excluding tert-OH is 1. The summed E-state index contributed by atoms with van der Waals surface area (Å²) in [7, 11) is 0. The fraction of sp³-hybridized carbons (Fsp3) is 0.455. The maximum absolute atomic E-state index is 8.64. The third kappa shape index (κ3) is 3.65. The van der Waals surface area contributed by atoms with Gasteiger partial charge >= 0.3 is 0 Å². The van der Waals surface area contributed by atoms with E-state index >= 15 is 0 Å². The molecule has 1 nitrogen and oxygen atoms in total. The van der Waals surface area contributed by atoms with Gasteiger partial charge in [0, 0.05) is 10.2 Å². The topological polar surface area (TPSA) is 20.2 Å². The van der Waals surface area contributed by atoms with Crippen LogP contribution in [0, 0.1) is 10.5 Å². The van der Waals surface area contributed by atoms with Crippen LogP contribution in [0.15, 0.2) is 18.2 Å². The molecule has 0 atom stereocenters. The van der Waals surface area contributed by atoms with Crippen molar-refractivity contribution in [1.82, 2.24) is 0 Å². The SMILES string of the molecule is Cc1cc(CCCCO)ccc1I. The van der Waals surface area contributed by atoms with Crippen molar-refractivity contribution in [1.29, 1.82) is 0 Å². The van der Waals surface area contributed by atoms with Crippen molar-refractivity contribution >= 4 is 22.6 Å². The van der Waals surface area contributed by atoms with Crippen LogP contribution in [0.1, 0.15) is 24.0 Å². The van der Waals surface area contributed by atoms with E-state index in [0.29, 0.717) is 6.61 Å². The Bertz CT molecular complexity index is 271. The molecule has 0 unspecified atom stereocenters. The van der Waals surface area contributed by atoms with Gasteiger partial charge in [-0.1, -0.05) is 12.1 Å². The monoisotopic (exact) mass is 290 g/mol. The number of halogens is 1. The van der Waals surface area contributed by atoms with Gasteiger partial charge in [-0.05, 0) is 66.0 Å². The number of hydrogen-bond acceptors (Lipinski definition) is 1. The molecule has 0 aromatic heterocycles. The Morgan fingerprint density at radius 2 is 2.08 bits per heavy atom. The number of aliphatic hydroxyl groups is 1. The number of unbranched alkanes of at least 4 members (excludes halogenated alkanes) is 1. The van der Waals surface area contributed by atoms with E-state index in [4.69, 9.17) is 5.11 Å². The van der Waals surface area contributed by atoms with E-state index in [-0.39, 0.29) is 0 Å². The molecule has 0 aliphatic heterocycles. The molecule has 0 amide bonds. The van der Waals surface area contributed by atoms with Crippen LogP contribution in [0.4, 0.5) is 0 Å². The van der Waals surface area contributed by atoms with Crippen molar-refractivity contribution < 1.29 is 5.11 Å².